The van der Waals surface area contributed by atoms with Crippen molar-refractivity contribution >= 4 is 5.97 Å². The summed E-state index contributed by atoms with van der Waals surface area (Å²) in [5.41, 5.74) is 3.99. The van der Waals surface area contributed by atoms with E-state index in [2.05, 4.69) is 122 Å². The van der Waals surface area contributed by atoms with Crippen molar-refractivity contribution in [1.29, 1.82) is 0 Å². The molecule has 0 saturated carbocycles. The molecule has 210 valence electrons. The number of benzene rings is 4. The average Bonchev–Trinajstić information content (AvgIpc) is 2.99. The third-order valence-corrected chi connectivity index (χ3v) is 7.07. The number of hydrogen-bond donors (Lipinski definition) is 0. The van der Waals surface area contributed by atoms with Crippen LogP contribution in [0.25, 0.3) is 0 Å². The smallest absolute Gasteiger partial charge is 0.316 e. The molecule has 3 heteroatoms. The van der Waals surface area contributed by atoms with Crippen molar-refractivity contribution in [3.8, 4) is 0 Å². The fourth-order valence-electron chi connectivity index (χ4n) is 5.05. The van der Waals surface area contributed by atoms with Crippen LogP contribution in [-0.2, 0) is 34.5 Å². The summed E-state index contributed by atoms with van der Waals surface area (Å²) in [5, 5.41) is 0. The average molecular weight is 536 g/mol. The van der Waals surface area contributed by atoms with Crippen LogP contribution in [0.1, 0.15) is 62.8 Å². The summed E-state index contributed by atoms with van der Waals surface area (Å²) in [6.07, 6.45) is 2.73. The number of nitrogens with zero attached hydrogens (tertiary/aromatic N) is 1. The van der Waals surface area contributed by atoms with Crippen LogP contribution < -0.4 is 0 Å². The van der Waals surface area contributed by atoms with Crippen molar-refractivity contribution < 1.29 is 9.53 Å². The molecule has 0 amide bonds. The van der Waals surface area contributed by atoms with Crippen LogP contribution >= 0.6 is 0 Å². The molecule has 0 aliphatic heterocycles. The molecule has 0 aliphatic carbocycles. The summed E-state index contributed by atoms with van der Waals surface area (Å²) in [7, 11) is 0. The molecule has 0 fully saturated rings. The first-order valence-electron chi connectivity index (χ1n) is 14.6. The van der Waals surface area contributed by atoms with Gasteiger partial charge in [0.05, 0.1) is 12.0 Å². The molecule has 0 heterocycles. The molecule has 0 saturated heterocycles. The standard InChI is InChI=1S/C34H37NO2.C3H8/c1-3-37-33(36)34(2,31-22-14-7-15-23-31)25-32(24-28-16-8-4-9-17-28)35(26-29-18-10-5-11-19-29)27-30-20-12-6-13-21-30;1-3-2/h4-23,32H,3,24-27H2,1-2H3;3H2,1-2H3. The van der Waals surface area contributed by atoms with Gasteiger partial charge in [0.2, 0.25) is 0 Å². The Morgan fingerprint density at radius 2 is 1.07 bits per heavy atom. The molecule has 2 unspecified atom stereocenters. The van der Waals surface area contributed by atoms with Crippen LogP contribution in [0.5, 0.6) is 0 Å². The summed E-state index contributed by atoms with van der Waals surface area (Å²) in [5.74, 6) is -0.168. The van der Waals surface area contributed by atoms with Gasteiger partial charge in [0.25, 0.3) is 0 Å². The summed E-state index contributed by atoms with van der Waals surface area (Å²) < 4.78 is 5.67. The Morgan fingerprint density at radius 3 is 1.50 bits per heavy atom. The lowest BCUT2D eigenvalue weighted by Crippen LogP contribution is -2.45. The first-order chi connectivity index (χ1) is 19.5. The number of rotatable bonds is 12. The Kier molecular flexibility index (Phi) is 12.7. The Morgan fingerprint density at radius 1 is 0.675 bits per heavy atom. The lowest BCUT2D eigenvalue weighted by molar-refractivity contribution is -0.150. The number of carbonyl (C=O) groups excluding carboxylic acids is 1. The van der Waals surface area contributed by atoms with Gasteiger partial charge < -0.3 is 4.74 Å². The van der Waals surface area contributed by atoms with Gasteiger partial charge in [0.15, 0.2) is 0 Å². The summed E-state index contributed by atoms with van der Waals surface area (Å²) in [6.45, 7) is 10.1. The molecule has 0 spiro atoms. The normalized spacial score (nSPS) is 13.0. The van der Waals surface area contributed by atoms with Gasteiger partial charge in [-0.3, -0.25) is 9.69 Å². The Hall–Kier alpha value is -3.69. The van der Waals surface area contributed by atoms with E-state index in [1.54, 1.807) is 0 Å². The zero-order valence-electron chi connectivity index (χ0n) is 24.6. The largest absolute Gasteiger partial charge is 0.465 e. The van der Waals surface area contributed by atoms with Crippen LogP contribution in [0.3, 0.4) is 0 Å². The minimum Gasteiger partial charge on any atom is -0.465 e. The van der Waals surface area contributed by atoms with Gasteiger partial charge in [-0.1, -0.05) is 142 Å². The molecule has 0 bridgehead atoms. The van der Waals surface area contributed by atoms with Crippen LogP contribution in [0.15, 0.2) is 121 Å². The summed E-state index contributed by atoms with van der Waals surface area (Å²) in [6, 6.07) is 42.0. The van der Waals surface area contributed by atoms with E-state index in [9.17, 15) is 4.79 Å². The van der Waals surface area contributed by atoms with Crippen molar-refractivity contribution in [1.82, 2.24) is 4.90 Å². The minimum atomic E-state index is -0.775. The first-order valence-corrected chi connectivity index (χ1v) is 14.6. The quantitative estimate of drug-likeness (QED) is 0.170. The number of ether oxygens (including phenoxy) is 1. The number of hydrogen-bond acceptors (Lipinski definition) is 3. The van der Waals surface area contributed by atoms with E-state index in [-0.39, 0.29) is 12.0 Å². The Bertz CT molecular complexity index is 1190. The monoisotopic (exact) mass is 535 g/mol. The molecule has 2 atom stereocenters. The molecular weight excluding hydrogens is 490 g/mol. The van der Waals surface area contributed by atoms with Gasteiger partial charge in [0.1, 0.15) is 0 Å². The van der Waals surface area contributed by atoms with Gasteiger partial charge in [-0.25, -0.2) is 0 Å². The summed E-state index contributed by atoms with van der Waals surface area (Å²) >= 11 is 0. The molecule has 40 heavy (non-hydrogen) atoms. The van der Waals surface area contributed by atoms with Crippen molar-refractivity contribution in [3.63, 3.8) is 0 Å². The van der Waals surface area contributed by atoms with Gasteiger partial charge >= 0.3 is 5.97 Å². The van der Waals surface area contributed by atoms with Gasteiger partial charge in [-0.05, 0) is 48.9 Å². The van der Waals surface area contributed by atoms with E-state index in [4.69, 9.17) is 4.74 Å². The van der Waals surface area contributed by atoms with E-state index in [0.29, 0.717) is 13.0 Å². The molecule has 4 aromatic rings. The van der Waals surface area contributed by atoms with Crippen molar-refractivity contribution in [2.45, 2.75) is 71.5 Å². The molecule has 0 N–H and O–H groups in total. The van der Waals surface area contributed by atoms with Crippen LogP contribution in [0.4, 0.5) is 0 Å². The fourth-order valence-corrected chi connectivity index (χ4v) is 5.05. The van der Waals surface area contributed by atoms with Crippen LogP contribution in [0, 0.1) is 0 Å². The summed E-state index contributed by atoms with van der Waals surface area (Å²) in [4.78, 5) is 16.1. The second kappa shape index (κ2) is 16.4. The highest BCUT2D eigenvalue weighted by molar-refractivity contribution is 5.82. The molecule has 0 aliphatic rings. The Balaban J connectivity index is 0.00000141. The zero-order chi connectivity index (χ0) is 28.6. The van der Waals surface area contributed by atoms with Crippen LogP contribution in [-0.4, -0.2) is 23.5 Å². The van der Waals surface area contributed by atoms with Crippen molar-refractivity contribution in [2.24, 2.45) is 0 Å². The fraction of sp³-hybridized carbons (Fsp3) is 0.324. The topological polar surface area (TPSA) is 29.5 Å². The SMILES string of the molecule is CCC.CCOC(=O)C(C)(CC(Cc1ccccc1)N(Cc1ccccc1)Cc1ccccc1)c1ccccc1. The molecular formula is C37H45NO2. The van der Waals surface area contributed by atoms with E-state index in [0.717, 1.165) is 25.1 Å². The maximum absolute atomic E-state index is 13.6. The maximum atomic E-state index is 13.6. The number of esters is 1. The highest BCUT2D eigenvalue weighted by Crippen LogP contribution is 2.34. The van der Waals surface area contributed by atoms with Crippen LogP contribution in [0.2, 0.25) is 0 Å². The number of carbonyl (C=O) groups is 1. The van der Waals surface area contributed by atoms with E-state index >= 15 is 0 Å². The lowest BCUT2D eigenvalue weighted by Gasteiger charge is -2.38. The molecule has 0 aromatic heterocycles. The zero-order valence-corrected chi connectivity index (χ0v) is 24.6. The lowest BCUT2D eigenvalue weighted by atomic mass is 9.75. The highest BCUT2D eigenvalue weighted by atomic mass is 16.5. The van der Waals surface area contributed by atoms with E-state index in [1.807, 2.05) is 32.0 Å². The predicted molar refractivity (Wildman–Crippen MR) is 167 cm³/mol. The van der Waals surface area contributed by atoms with E-state index in [1.165, 1.54) is 23.1 Å². The van der Waals surface area contributed by atoms with Crippen molar-refractivity contribution in [3.05, 3.63) is 144 Å². The second-order valence-corrected chi connectivity index (χ2v) is 10.5. The third-order valence-electron chi connectivity index (χ3n) is 7.07. The minimum absolute atomic E-state index is 0.0948. The molecule has 4 rings (SSSR count). The molecule has 4 aromatic carbocycles. The second-order valence-electron chi connectivity index (χ2n) is 10.5. The molecule has 0 radical (unpaired) electrons. The molecule has 3 nitrogen and oxygen atoms in total. The third kappa shape index (κ3) is 9.20. The predicted octanol–water partition coefficient (Wildman–Crippen LogP) is 8.63. The van der Waals surface area contributed by atoms with Crippen molar-refractivity contribution in [2.75, 3.05) is 6.61 Å². The van der Waals surface area contributed by atoms with Gasteiger partial charge in [-0.15, -0.1) is 0 Å². The van der Waals surface area contributed by atoms with Gasteiger partial charge in [0, 0.05) is 19.1 Å². The maximum Gasteiger partial charge on any atom is 0.316 e. The Labute approximate surface area is 241 Å². The highest BCUT2D eigenvalue weighted by Gasteiger charge is 2.40. The first kappa shape index (κ1) is 30.8. The van der Waals surface area contributed by atoms with E-state index < -0.39 is 5.41 Å². The van der Waals surface area contributed by atoms with Gasteiger partial charge in [-0.2, -0.15) is 0 Å².